The number of unbranched alkanes of at least 4 members (excludes halogenated alkanes) is 1. The van der Waals surface area contributed by atoms with Crippen molar-refractivity contribution in [2.75, 3.05) is 25.6 Å². The number of halogens is 1. The van der Waals surface area contributed by atoms with Crippen LogP contribution in [0.5, 0.6) is 11.5 Å². The van der Waals surface area contributed by atoms with Gasteiger partial charge < -0.3 is 20.5 Å². The van der Waals surface area contributed by atoms with Crippen LogP contribution in [-0.4, -0.2) is 30.2 Å². The Morgan fingerprint density at radius 3 is 2.77 bits per heavy atom. The predicted molar refractivity (Wildman–Crippen MR) is 105 cm³/mol. The summed E-state index contributed by atoms with van der Waals surface area (Å²) in [5.74, 6) is 1.96. The maximum atomic E-state index is 6.06. The molecule has 0 aliphatic rings. The number of anilines is 2. The average molecular weight is 373 g/mol. The molecule has 0 fully saturated rings. The Balaban J connectivity index is 1.93. The fraction of sp³-hybridized carbons (Fsp3) is 0.263. The molecule has 6 nitrogen and oxygen atoms in total. The number of nitrogens with one attached hydrogen (secondary N) is 1. The fourth-order valence-electron chi connectivity index (χ4n) is 2.57. The van der Waals surface area contributed by atoms with Gasteiger partial charge in [-0.25, -0.2) is 9.97 Å². The topological polar surface area (TPSA) is 82.3 Å². The molecule has 0 aliphatic carbocycles. The number of hydrogen-bond acceptors (Lipinski definition) is 6. The number of nitrogens with zero attached hydrogens (tertiary/aromatic N) is 2. The van der Waals surface area contributed by atoms with Gasteiger partial charge in [0.2, 0.25) is 0 Å². The summed E-state index contributed by atoms with van der Waals surface area (Å²) >= 11 is 6.06. The zero-order valence-electron chi connectivity index (χ0n) is 14.5. The highest BCUT2D eigenvalue weighted by atomic mass is 35.5. The van der Waals surface area contributed by atoms with Gasteiger partial charge in [-0.05, 0) is 43.7 Å². The van der Waals surface area contributed by atoms with Crippen molar-refractivity contribution < 1.29 is 9.47 Å². The Kier molecular flexibility index (Phi) is 6.09. The molecule has 0 saturated carbocycles. The minimum atomic E-state index is 0.573. The minimum Gasteiger partial charge on any atom is -0.493 e. The van der Waals surface area contributed by atoms with Gasteiger partial charge in [-0.15, -0.1) is 0 Å². The molecular formula is C19H21ClN4O2. The molecule has 3 rings (SSSR count). The van der Waals surface area contributed by atoms with Crippen molar-refractivity contribution in [2.24, 2.45) is 5.73 Å². The van der Waals surface area contributed by atoms with E-state index >= 15 is 0 Å². The number of fused-ring (bicyclic) bond motifs is 1. The van der Waals surface area contributed by atoms with Gasteiger partial charge in [-0.3, -0.25) is 0 Å². The molecule has 0 bridgehead atoms. The Hall–Kier alpha value is -2.57. The fourth-order valence-corrected chi connectivity index (χ4v) is 2.76. The van der Waals surface area contributed by atoms with E-state index in [4.69, 9.17) is 26.8 Å². The van der Waals surface area contributed by atoms with Crippen LogP contribution >= 0.6 is 11.6 Å². The second-order valence-corrected chi connectivity index (χ2v) is 6.16. The number of ether oxygens (including phenoxy) is 2. The van der Waals surface area contributed by atoms with Crippen molar-refractivity contribution >= 4 is 34.0 Å². The zero-order valence-corrected chi connectivity index (χ0v) is 15.3. The van der Waals surface area contributed by atoms with Crippen LogP contribution in [-0.2, 0) is 0 Å². The smallest absolute Gasteiger partial charge is 0.162 e. The van der Waals surface area contributed by atoms with Crippen LogP contribution in [0.25, 0.3) is 10.9 Å². The van der Waals surface area contributed by atoms with Gasteiger partial charge >= 0.3 is 0 Å². The highest BCUT2D eigenvalue weighted by molar-refractivity contribution is 6.30. The highest BCUT2D eigenvalue weighted by Gasteiger charge is 2.12. The molecule has 0 atom stereocenters. The number of benzene rings is 2. The van der Waals surface area contributed by atoms with Gasteiger partial charge in [-0.2, -0.15) is 0 Å². The first-order valence-electron chi connectivity index (χ1n) is 8.39. The van der Waals surface area contributed by atoms with Crippen molar-refractivity contribution in [3.05, 3.63) is 47.7 Å². The van der Waals surface area contributed by atoms with Crippen LogP contribution in [0.15, 0.2) is 42.7 Å². The zero-order chi connectivity index (χ0) is 18.4. The van der Waals surface area contributed by atoms with Crippen LogP contribution in [0, 0.1) is 0 Å². The van der Waals surface area contributed by atoms with Gasteiger partial charge in [-0.1, -0.05) is 17.7 Å². The molecule has 0 unspecified atom stereocenters. The van der Waals surface area contributed by atoms with Crippen LogP contribution in [0.2, 0.25) is 5.02 Å². The first kappa shape index (κ1) is 18.2. The minimum absolute atomic E-state index is 0.573. The molecule has 1 heterocycles. The van der Waals surface area contributed by atoms with Gasteiger partial charge in [0.25, 0.3) is 0 Å². The standard InChI is InChI=1S/C19H21ClN4O2/c1-25-17-11-16-15(10-18(17)26-8-3-2-7-21)19(23-12-22-16)24-14-6-4-5-13(20)9-14/h4-6,9-12H,2-3,7-8,21H2,1H3,(H,22,23,24). The molecule has 3 aromatic rings. The molecule has 0 spiro atoms. The number of nitrogens with two attached hydrogens (primary N) is 1. The molecule has 7 heteroatoms. The van der Waals surface area contributed by atoms with Crippen LogP contribution in [0.3, 0.4) is 0 Å². The Morgan fingerprint density at radius 2 is 2.00 bits per heavy atom. The van der Waals surface area contributed by atoms with Crippen LogP contribution in [0.1, 0.15) is 12.8 Å². The molecular weight excluding hydrogens is 352 g/mol. The lowest BCUT2D eigenvalue weighted by Crippen LogP contribution is -2.04. The van der Waals surface area contributed by atoms with E-state index < -0.39 is 0 Å². The lowest BCUT2D eigenvalue weighted by atomic mass is 10.2. The van der Waals surface area contributed by atoms with Crippen molar-refractivity contribution in [1.82, 2.24) is 9.97 Å². The third-order valence-electron chi connectivity index (χ3n) is 3.86. The number of hydrogen-bond donors (Lipinski definition) is 2. The van der Waals surface area contributed by atoms with E-state index in [2.05, 4.69) is 15.3 Å². The molecule has 136 valence electrons. The van der Waals surface area contributed by atoms with E-state index in [1.54, 1.807) is 7.11 Å². The first-order valence-corrected chi connectivity index (χ1v) is 8.77. The normalized spacial score (nSPS) is 10.7. The molecule has 0 amide bonds. The lowest BCUT2D eigenvalue weighted by molar-refractivity contribution is 0.287. The van der Waals surface area contributed by atoms with E-state index in [1.807, 2.05) is 36.4 Å². The molecule has 1 aromatic heterocycles. The van der Waals surface area contributed by atoms with Gasteiger partial charge in [0, 0.05) is 22.2 Å². The summed E-state index contributed by atoms with van der Waals surface area (Å²) in [5.41, 5.74) is 7.13. The summed E-state index contributed by atoms with van der Waals surface area (Å²) in [6.45, 7) is 1.23. The van der Waals surface area contributed by atoms with E-state index in [0.29, 0.717) is 35.5 Å². The molecule has 0 radical (unpaired) electrons. The second-order valence-electron chi connectivity index (χ2n) is 5.72. The van der Waals surface area contributed by atoms with E-state index in [9.17, 15) is 0 Å². The van der Waals surface area contributed by atoms with Crippen LogP contribution in [0.4, 0.5) is 11.5 Å². The molecule has 0 aliphatic heterocycles. The van der Waals surface area contributed by atoms with E-state index in [-0.39, 0.29) is 0 Å². The monoisotopic (exact) mass is 372 g/mol. The maximum Gasteiger partial charge on any atom is 0.162 e. The van der Waals surface area contributed by atoms with Crippen molar-refractivity contribution in [1.29, 1.82) is 0 Å². The predicted octanol–water partition coefficient (Wildman–Crippen LogP) is 4.15. The third-order valence-corrected chi connectivity index (χ3v) is 4.10. The Morgan fingerprint density at radius 1 is 1.12 bits per heavy atom. The summed E-state index contributed by atoms with van der Waals surface area (Å²) in [5, 5.41) is 4.77. The third kappa shape index (κ3) is 4.33. The summed E-state index contributed by atoms with van der Waals surface area (Å²) in [6.07, 6.45) is 3.31. The SMILES string of the molecule is COc1cc2ncnc(Nc3cccc(Cl)c3)c2cc1OCCCCN. The van der Waals surface area contributed by atoms with Gasteiger partial charge in [0.05, 0.1) is 19.2 Å². The number of rotatable bonds is 8. The van der Waals surface area contributed by atoms with Crippen molar-refractivity contribution in [2.45, 2.75) is 12.8 Å². The second kappa shape index (κ2) is 8.69. The molecule has 0 saturated heterocycles. The maximum absolute atomic E-state index is 6.06. The molecule has 26 heavy (non-hydrogen) atoms. The van der Waals surface area contributed by atoms with E-state index in [1.165, 1.54) is 6.33 Å². The highest BCUT2D eigenvalue weighted by Crippen LogP contribution is 2.35. The number of aromatic nitrogens is 2. The van der Waals surface area contributed by atoms with Gasteiger partial charge in [0.1, 0.15) is 12.1 Å². The largest absolute Gasteiger partial charge is 0.493 e. The summed E-state index contributed by atoms with van der Waals surface area (Å²) < 4.78 is 11.3. The molecule has 2 aromatic carbocycles. The first-order chi connectivity index (χ1) is 12.7. The lowest BCUT2D eigenvalue weighted by Gasteiger charge is -2.14. The van der Waals surface area contributed by atoms with E-state index in [0.717, 1.165) is 29.4 Å². The van der Waals surface area contributed by atoms with Crippen molar-refractivity contribution in [3.63, 3.8) is 0 Å². The quantitative estimate of drug-likeness (QED) is 0.578. The number of methoxy groups -OCH3 is 1. The van der Waals surface area contributed by atoms with Gasteiger partial charge in [0.15, 0.2) is 11.5 Å². The van der Waals surface area contributed by atoms with Crippen LogP contribution < -0.4 is 20.5 Å². The summed E-state index contributed by atoms with van der Waals surface area (Å²) in [7, 11) is 1.61. The summed E-state index contributed by atoms with van der Waals surface area (Å²) in [4.78, 5) is 8.69. The average Bonchev–Trinajstić information content (AvgIpc) is 2.65. The summed E-state index contributed by atoms with van der Waals surface area (Å²) in [6, 6.07) is 11.2. The molecule has 3 N–H and O–H groups in total. The van der Waals surface area contributed by atoms with Crippen molar-refractivity contribution in [3.8, 4) is 11.5 Å². The Bertz CT molecular complexity index is 889. The Labute approximate surface area is 157 Å².